The standard InChI is InChI=1S/C23H33N7/c1-16(2)21-15-29(22-14-25-19-6-4-5-7-20(19)27-22)12-13-30(21)23(28-24)26-18-10-8-17(3)9-11-18/h4-11,14,16,20-21,23,26-28H,12-13,15,24H2,1-3H3. The lowest BCUT2D eigenvalue weighted by molar-refractivity contribution is 0.0262. The van der Waals surface area contributed by atoms with E-state index in [1.807, 2.05) is 12.3 Å². The molecule has 3 aliphatic rings. The van der Waals surface area contributed by atoms with Crippen LogP contribution in [-0.4, -0.2) is 53.5 Å². The van der Waals surface area contributed by atoms with Gasteiger partial charge >= 0.3 is 0 Å². The van der Waals surface area contributed by atoms with Crippen molar-refractivity contribution in [1.82, 2.24) is 20.5 Å². The van der Waals surface area contributed by atoms with Crippen molar-refractivity contribution < 1.29 is 0 Å². The fraction of sp³-hybridized carbons (Fsp3) is 0.435. The third kappa shape index (κ3) is 4.43. The predicted molar refractivity (Wildman–Crippen MR) is 124 cm³/mol. The number of aliphatic imine (C=N–C) groups is 1. The number of nitrogens with two attached hydrogens (primary N) is 1. The van der Waals surface area contributed by atoms with Gasteiger partial charge in [-0.1, -0.05) is 49.8 Å². The van der Waals surface area contributed by atoms with Crippen molar-refractivity contribution in [3.05, 3.63) is 66.2 Å². The Morgan fingerprint density at radius 2 is 1.97 bits per heavy atom. The largest absolute Gasteiger partial charge is 0.359 e. The molecule has 2 aliphatic heterocycles. The SMILES string of the molecule is Cc1ccc(NC(NN)N2CCN(C3=CN=C4C=CC=CC4N3)CC2C(C)C)cc1. The number of piperazine rings is 1. The van der Waals surface area contributed by atoms with Gasteiger partial charge in [0.25, 0.3) is 0 Å². The number of hydrogen-bond acceptors (Lipinski definition) is 7. The highest BCUT2D eigenvalue weighted by Crippen LogP contribution is 2.23. The highest BCUT2D eigenvalue weighted by atomic mass is 15.5. The third-order valence-electron chi connectivity index (χ3n) is 6.06. The fourth-order valence-corrected chi connectivity index (χ4v) is 4.27. The Balaban J connectivity index is 1.47. The van der Waals surface area contributed by atoms with E-state index in [-0.39, 0.29) is 12.3 Å². The molecule has 0 amide bonds. The molecule has 0 radical (unpaired) electrons. The average molecular weight is 408 g/mol. The summed E-state index contributed by atoms with van der Waals surface area (Å²) in [6, 6.07) is 8.91. The molecule has 0 aromatic heterocycles. The molecule has 5 N–H and O–H groups in total. The number of nitrogens with one attached hydrogen (secondary N) is 3. The predicted octanol–water partition coefficient (Wildman–Crippen LogP) is 2.13. The Morgan fingerprint density at radius 1 is 1.17 bits per heavy atom. The lowest BCUT2D eigenvalue weighted by Gasteiger charge is -2.48. The minimum atomic E-state index is -0.133. The fourth-order valence-electron chi connectivity index (χ4n) is 4.27. The molecule has 0 saturated carbocycles. The molecule has 1 fully saturated rings. The minimum absolute atomic E-state index is 0.133. The molecule has 1 aliphatic carbocycles. The maximum absolute atomic E-state index is 5.97. The van der Waals surface area contributed by atoms with Crippen molar-refractivity contribution in [2.75, 3.05) is 25.0 Å². The number of allylic oxidation sites excluding steroid dienone is 2. The van der Waals surface area contributed by atoms with E-state index in [1.165, 1.54) is 5.56 Å². The molecular weight excluding hydrogens is 374 g/mol. The Bertz CT molecular complexity index is 853. The molecule has 3 unspecified atom stereocenters. The molecule has 7 nitrogen and oxygen atoms in total. The first-order valence-corrected chi connectivity index (χ1v) is 10.7. The quantitative estimate of drug-likeness (QED) is 0.329. The smallest absolute Gasteiger partial charge is 0.147 e. The van der Waals surface area contributed by atoms with Crippen LogP contribution in [0.2, 0.25) is 0 Å². The summed E-state index contributed by atoms with van der Waals surface area (Å²) in [5.41, 5.74) is 6.35. The first-order chi connectivity index (χ1) is 14.5. The van der Waals surface area contributed by atoms with Gasteiger partial charge < -0.3 is 15.5 Å². The molecule has 3 atom stereocenters. The summed E-state index contributed by atoms with van der Waals surface area (Å²) < 4.78 is 0. The van der Waals surface area contributed by atoms with Gasteiger partial charge in [0.1, 0.15) is 12.1 Å². The van der Waals surface area contributed by atoms with Gasteiger partial charge in [-0.05, 0) is 31.1 Å². The average Bonchev–Trinajstić information content (AvgIpc) is 2.78. The second kappa shape index (κ2) is 9.04. The zero-order valence-electron chi connectivity index (χ0n) is 18.0. The van der Waals surface area contributed by atoms with Crippen molar-refractivity contribution in [3.63, 3.8) is 0 Å². The number of aryl methyl sites for hydroxylation is 1. The van der Waals surface area contributed by atoms with Gasteiger partial charge in [-0.15, -0.1) is 0 Å². The van der Waals surface area contributed by atoms with Gasteiger partial charge in [0.05, 0.1) is 18.0 Å². The summed E-state index contributed by atoms with van der Waals surface area (Å²) in [5.74, 6) is 7.54. The molecule has 7 heteroatoms. The lowest BCUT2D eigenvalue weighted by atomic mass is 9.99. The summed E-state index contributed by atoms with van der Waals surface area (Å²) in [6.07, 6.45) is 10.2. The van der Waals surface area contributed by atoms with Crippen molar-refractivity contribution in [2.24, 2.45) is 16.8 Å². The molecule has 1 aromatic rings. The van der Waals surface area contributed by atoms with Crippen molar-refractivity contribution in [3.8, 4) is 0 Å². The summed E-state index contributed by atoms with van der Waals surface area (Å²) in [6.45, 7) is 9.36. The number of rotatable bonds is 6. The Hall–Kier alpha value is -2.61. The Morgan fingerprint density at radius 3 is 2.70 bits per heavy atom. The van der Waals surface area contributed by atoms with Crippen LogP contribution in [0.1, 0.15) is 19.4 Å². The van der Waals surface area contributed by atoms with Crippen LogP contribution in [0.25, 0.3) is 0 Å². The van der Waals surface area contributed by atoms with Crippen LogP contribution in [0, 0.1) is 12.8 Å². The molecule has 30 heavy (non-hydrogen) atoms. The summed E-state index contributed by atoms with van der Waals surface area (Å²) in [5, 5.41) is 7.18. The van der Waals surface area contributed by atoms with Gasteiger partial charge in [0, 0.05) is 31.4 Å². The molecule has 2 heterocycles. The molecule has 4 rings (SSSR count). The topological polar surface area (TPSA) is 81.0 Å². The van der Waals surface area contributed by atoms with Gasteiger partial charge in [-0.2, -0.15) is 0 Å². The normalized spacial score (nSPS) is 24.8. The highest BCUT2D eigenvalue weighted by Gasteiger charge is 2.35. The molecule has 0 bridgehead atoms. The number of hydrazine groups is 1. The second-order valence-electron chi connectivity index (χ2n) is 8.51. The zero-order chi connectivity index (χ0) is 21.1. The van der Waals surface area contributed by atoms with Crippen LogP contribution in [0.3, 0.4) is 0 Å². The van der Waals surface area contributed by atoms with E-state index in [1.54, 1.807) is 0 Å². The van der Waals surface area contributed by atoms with Crippen LogP contribution < -0.4 is 21.9 Å². The van der Waals surface area contributed by atoms with Crippen LogP contribution in [0.5, 0.6) is 0 Å². The highest BCUT2D eigenvalue weighted by molar-refractivity contribution is 6.02. The van der Waals surface area contributed by atoms with Crippen molar-refractivity contribution >= 4 is 11.4 Å². The lowest BCUT2D eigenvalue weighted by Crippen LogP contribution is -2.65. The van der Waals surface area contributed by atoms with Crippen molar-refractivity contribution in [2.45, 2.75) is 39.1 Å². The summed E-state index contributed by atoms with van der Waals surface area (Å²) in [4.78, 5) is 9.51. The maximum Gasteiger partial charge on any atom is 0.147 e. The van der Waals surface area contributed by atoms with Crippen LogP contribution in [-0.2, 0) is 0 Å². The Labute approximate surface area is 179 Å². The summed E-state index contributed by atoms with van der Waals surface area (Å²) >= 11 is 0. The molecule has 160 valence electrons. The van der Waals surface area contributed by atoms with Gasteiger partial charge in [-0.25, -0.2) is 5.43 Å². The minimum Gasteiger partial charge on any atom is -0.359 e. The molecule has 1 aromatic carbocycles. The number of hydrogen-bond donors (Lipinski definition) is 4. The van der Waals surface area contributed by atoms with E-state index in [0.29, 0.717) is 12.0 Å². The molecular formula is C23H33N7. The van der Waals surface area contributed by atoms with E-state index < -0.39 is 0 Å². The van der Waals surface area contributed by atoms with Gasteiger partial charge in [-0.3, -0.25) is 15.7 Å². The second-order valence-corrected chi connectivity index (χ2v) is 8.51. The van der Waals surface area contributed by atoms with Gasteiger partial charge in [0.15, 0.2) is 0 Å². The van der Waals surface area contributed by atoms with Crippen LogP contribution >= 0.6 is 0 Å². The maximum atomic E-state index is 5.97. The number of nitrogens with zero attached hydrogens (tertiary/aromatic N) is 3. The van der Waals surface area contributed by atoms with E-state index in [9.17, 15) is 0 Å². The first kappa shape index (κ1) is 20.7. The van der Waals surface area contributed by atoms with E-state index in [2.05, 4.69) is 94.1 Å². The number of benzene rings is 1. The Kier molecular flexibility index (Phi) is 6.22. The molecule has 0 spiro atoms. The number of anilines is 1. The first-order valence-electron chi connectivity index (χ1n) is 10.7. The van der Waals surface area contributed by atoms with E-state index >= 15 is 0 Å². The molecule has 1 saturated heterocycles. The third-order valence-corrected chi connectivity index (χ3v) is 6.06. The number of fused-ring (bicyclic) bond motifs is 1. The summed E-state index contributed by atoms with van der Waals surface area (Å²) in [7, 11) is 0. The van der Waals surface area contributed by atoms with Crippen molar-refractivity contribution in [1.29, 1.82) is 0 Å². The monoisotopic (exact) mass is 407 g/mol. The zero-order valence-corrected chi connectivity index (χ0v) is 18.0. The van der Waals surface area contributed by atoms with Crippen LogP contribution in [0.15, 0.2) is 65.6 Å². The van der Waals surface area contributed by atoms with E-state index in [4.69, 9.17) is 5.84 Å². The van der Waals surface area contributed by atoms with E-state index in [0.717, 1.165) is 36.9 Å². The van der Waals surface area contributed by atoms with Gasteiger partial charge in [0.2, 0.25) is 0 Å². The van der Waals surface area contributed by atoms with Crippen LogP contribution in [0.4, 0.5) is 5.69 Å².